The van der Waals surface area contributed by atoms with Gasteiger partial charge in [0, 0.05) is 0 Å². The minimum absolute atomic E-state index is 0.0377. The first-order valence-electron chi connectivity index (χ1n) is 6.38. The molecule has 104 valence electrons. The second-order valence-corrected chi connectivity index (χ2v) is 4.59. The van der Waals surface area contributed by atoms with Crippen LogP contribution in [0.2, 0.25) is 0 Å². The van der Waals surface area contributed by atoms with Gasteiger partial charge in [0.1, 0.15) is 6.61 Å². The molecular formula is C15H21NO3. The van der Waals surface area contributed by atoms with Crippen LogP contribution in [0.1, 0.15) is 19.4 Å². The van der Waals surface area contributed by atoms with E-state index in [2.05, 4.69) is 5.32 Å². The van der Waals surface area contributed by atoms with Gasteiger partial charge in [-0.15, -0.1) is 0 Å². The van der Waals surface area contributed by atoms with Gasteiger partial charge in [-0.3, -0.25) is 0 Å². The predicted molar refractivity (Wildman–Crippen MR) is 74.6 cm³/mol. The smallest absolute Gasteiger partial charge is 0.407 e. The minimum Gasteiger partial charge on any atom is -0.445 e. The van der Waals surface area contributed by atoms with Crippen molar-refractivity contribution in [3.63, 3.8) is 0 Å². The van der Waals surface area contributed by atoms with Crippen molar-refractivity contribution in [1.82, 2.24) is 5.32 Å². The molecule has 1 atom stereocenters. The summed E-state index contributed by atoms with van der Waals surface area (Å²) >= 11 is 0. The number of aliphatic hydroxyl groups is 1. The van der Waals surface area contributed by atoms with Gasteiger partial charge in [-0.1, -0.05) is 56.3 Å². The van der Waals surface area contributed by atoms with Gasteiger partial charge >= 0.3 is 6.09 Å². The molecule has 1 rings (SSSR count). The molecule has 0 aliphatic heterocycles. The molecule has 4 heteroatoms. The summed E-state index contributed by atoms with van der Waals surface area (Å²) in [7, 11) is 0. The lowest BCUT2D eigenvalue weighted by atomic mass is 10.0. The summed E-state index contributed by atoms with van der Waals surface area (Å²) < 4.78 is 5.14. The number of nitrogens with one attached hydrogen (secondary N) is 1. The predicted octanol–water partition coefficient (Wildman–Crippen LogP) is 2.49. The number of carbonyl (C=O) groups excluding carboxylic acids is 1. The van der Waals surface area contributed by atoms with Crippen LogP contribution >= 0.6 is 0 Å². The Morgan fingerprint density at radius 3 is 2.63 bits per heavy atom. The Kier molecular flexibility index (Phi) is 6.68. The van der Waals surface area contributed by atoms with Gasteiger partial charge in [-0.25, -0.2) is 4.79 Å². The largest absolute Gasteiger partial charge is 0.445 e. The third-order valence-corrected chi connectivity index (χ3v) is 2.66. The highest BCUT2D eigenvalue weighted by Gasteiger charge is 2.13. The molecule has 0 saturated heterocycles. The van der Waals surface area contributed by atoms with Crippen LogP contribution in [0.25, 0.3) is 0 Å². The third-order valence-electron chi connectivity index (χ3n) is 2.66. The van der Waals surface area contributed by atoms with Crippen molar-refractivity contribution < 1.29 is 14.6 Å². The summed E-state index contributed by atoms with van der Waals surface area (Å²) in [6.45, 7) is 4.19. The molecule has 1 amide bonds. The topological polar surface area (TPSA) is 58.6 Å². The first-order valence-corrected chi connectivity index (χ1v) is 6.38. The number of benzene rings is 1. The Bertz CT molecular complexity index is 401. The zero-order chi connectivity index (χ0) is 14.1. The summed E-state index contributed by atoms with van der Waals surface area (Å²) in [6.07, 6.45) is 2.93. The summed E-state index contributed by atoms with van der Waals surface area (Å²) in [5, 5.41) is 11.5. The molecular weight excluding hydrogens is 242 g/mol. The van der Waals surface area contributed by atoms with Crippen molar-refractivity contribution >= 4 is 6.09 Å². The molecule has 0 unspecified atom stereocenters. The summed E-state index contributed by atoms with van der Waals surface area (Å²) in [5.74, 6) is 0.229. The number of carbonyl (C=O) groups is 1. The van der Waals surface area contributed by atoms with Crippen LogP contribution in [0.5, 0.6) is 0 Å². The van der Waals surface area contributed by atoms with Crippen LogP contribution in [-0.4, -0.2) is 23.8 Å². The molecule has 2 N–H and O–H groups in total. The van der Waals surface area contributed by atoms with Crippen LogP contribution in [0.4, 0.5) is 4.79 Å². The molecule has 0 spiro atoms. The quantitative estimate of drug-likeness (QED) is 0.775. The SMILES string of the molecule is CC(C)[C@@H](/C=C\CO)NC(=O)OCc1ccccc1. The van der Waals surface area contributed by atoms with Crippen LogP contribution < -0.4 is 5.32 Å². The van der Waals surface area contributed by atoms with Gasteiger partial charge in [0.05, 0.1) is 12.6 Å². The minimum atomic E-state index is -0.454. The molecule has 4 nitrogen and oxygen atoms in total. The molecule has 0 saturated carbocycles. The van der Waals surface area contributed by atoms with E-state index in [-0.39, 0.29) is 25.2 Å². The monoisotopic (exact) mass is 263 g/mol. The molecule has 0 aliphatic rings. The summed E-state index contributed by atoms with van der Waals surface area (Å²) in [6, 6.07) is 9.38. The van der Waals surface area contributed by atoms with E-state index in [0.29, 0.717) is 0 Å². The second-order valence-electron chi connectivity index (χ2n) is 4.59. The number of hydrogen-bond donors (Lipinski definition) is 2. The number of alkyl carbamates (subject to hydrolysis) is 1. The Balaban J connectivity index is 2.42. The van der Waals surface area contributed by atoms with E-state index in [1.807, 2.05) is 44.2 Å². The number of aliphatic hydroxyl groups excluding tert-OH is 1. The lowest BCUT2D eigenvalue weighted by Gasteiger charge is -2.18. The fourth-order valence-electron chi connectivity index (χ4n) is 1.55. The maximum atomic E-state index is 11.7. The maximum absolute atomic E-state index is 11.7. The van der Waals surface area contributed by atoms with E-state index in [0.717, 1.165) is 5.56 Å². The molecule has 0 radical (unpaired) electrons. The lowest BCUT2D eigenvalue weighted by Crippen LogP contribution is -2.37. The van der Waals surface area contributed by atoms with Gasteiger partial charge in [0.15, 0.2) is 0 Å². The maximum Gasteiger partial charge on any atom is 0.407 e. The number of rotatable bonds is 6. The number of hydrogen-bond acceptors (Lipinski definition) is 3. The van der Waals surface area contributed by atoms with Gasteiger partial charge in [0.25, 0.3) is 0 Å². The highest BCUT2D eigenvalue weighted by Crippen LogP contribution is 2.05. The first kappa shape index (κ1) is 15.2. The number of ether oxygens (including phenoxy) is 1. The normalized spacial score (nSPS) is 12.6. The van der Waals surface area contributed by atoms with Crippen molar-refractivity contribution in [1.29, 1.82) is 0 Å². The van der Waals surface area contributed by atoms with E-state index in [1.165, 1.54) is 0 Å². The van der Waals surface area contributed by atoms with Crippen molar-refractivity contribution in [2.45, 2.75) is 26.5 Å². The zero-order valence-electron chi connectivity index (χ0n) is 11.4. The van der Waals surface area contributed by atoms with E-state index in [4.69, 9.17) is 9.84 Å². The standard InChI is InChI=1S/C15H21NO3/c1-12(2)14(9-6-10-17)16-15(18)19-11-13-7-4-3-5-8-13/h3-9,12,14,17H,10-11H2,1-2H3,(H,16,18)/b9-6-/t14-/m1/s1. The average molecular weight is 263 g/mol. The van der Waals surface area contributed by atoms with E-state index in [9.17, 15) is 4.79 Å². The van der Waals surface area contributed by atoms with Crippen molar-refractivity contribution in [3.05, 3.63) is 48.0 Å². The van der Waals surface area contributed by atoms with Crippen LogP contribution in [0, 0.1) is 5.92 Å². The summed E-state index contributed by atoms with van der Waals surface area (Å²) in [4.78, 5) is 11.7. The van der Waals surface area contributed by atoms with E-state index in [1.54, 1.807) is 12.2 Å². The Labute approximate surface area is 114 Å². The molecule has 0 heterocycles. The molecule has 19 heavy (non-hydrogen) atoms. The Morgan fingerprint density at radius 1 is 1.37 bits per heavy atom. The second kappa shape index (κ2) is 8.32. The molecule has 0 aromatic heterocycles. The molecule has 1 aromatic rings. The van der Waals surface area contributed by atoms with Gasteiger partial charge in [-0.05, 0) is 11.5 Å². The number of amides is 1. The first-order chi connectivity index (χ1) is 9.13. The highest BCUT2D eigenvalue weighted by atomic mass is 16.5. The van der Waals surface area contributed by atoms with Gasteiger partial charge in [0.2, 0.25) is 0 Å². The Hall–Kier alpha value is -1.81. The van der Waals surface area contributed by atoms with Gasteiger partial charge < -0.3 is 15.2 Å². The zero-order valence-corrected chi connectivity index (χ0v) is 11.4. The van der Waals surface area contributed by atoms with Crippen molar-refractivity contribution in [2.75, 3.05) is 6.61 Å². The van der Waals surface area contributed by atoms with Gasteiger partial charge in [-0.2, -0.15) is 0 Å². The van der Waals surface area contributed by atoms with Crippen molar-refractivity contribution in [3.8, 4) is 0 Å². The third kappa shape index (κ3) is 6.06. The molecule has 0 aliphatic carbocycles. The van der Waals surface area contributed by atoms with E-state index < -0.39 is 6.09 Å². The summed E-state index contributed by atoms with van der Waals surface area (Å²) in [5.41, 5.74) is 0.949. The van der Waals surface area contributed by atoms with E-state index >= 15 is 0 Å². The molecule has 0 fully saturated rings. The molecule has 1 aromatic carbocycles. The van der Waals surface area contributed by atoms with Crippen LogP contribution in [0.15, 0.2) is 42.5 Å². The molecule has 0 bridgehead atoms. The average Bonchev–Trinajstić information content (AvgIpc) is 2.42. The van der Waals surface area contributed by atoms with Crippen LogP contribution in [-0.2, 0) is 11.3 Å². The van der Waals surface area contributed by atoms with Crippen molar-refractivity contribution in [2.24, 2.45) is 5.92 Å². The lowest BCUT2D eigenvalue weighted by molar-refractivity contribution is 0.135. The fraction of sp³-hybridized carbons (Fsp3) is 0.400. The van der Waals surface area contributed by atoms with Crippen LogP contribution in [0.3, 0.4) is 0 Å². The fourth-order valence-corrected chi connectivity index (χ4v) is 1.55. The Morgan fingerprint density at radius 2 is 2.05 bits per heavy atom. The highest BCUT2D eigenvalue weighted by molar-refractivity contribution is 5.68.